The maximum Gasteiger partial charge on any atom is 0.338 e. The third-order valence-corrected chi connectivity index (χ3v) is 14.5. The molecular formula is C68H96O6. The summed E-state index contributed by atoms with van der Waals surface area (Å²) in [4.78, 5) is 28.0. The minimum absolute atomic E-state index is 0.233. The van der Waals surface area contributed by atoms with Gasteiger partial charge in [-0.05, 0) is 92.9 Å². The fraction of sp³-hybridized carbons (Fsp3) is 0.559. The van der Waals surface area contributed by atoms with Crippen molar-refractivity contribution >= 4 is 11.9 Å². The Bertz CT molecular complexity index is 2330. The summed E-state index contributed by atoms with van der Waals surface area (Å²) in [5.41, 5.74) is 12.0. The van der Waals surface area contributed by atoms with Gasteiger partial charge < -0.3 is 18.9 Å². The smallest absolute Gasteiger partial charge is 0.338 e. The third-order valence-electron chi connectivity index (χ3n) is 14.5. The number of fused-ring (bicyclic) bond motifs is 8. The molecule has 0 aliphatic heterocycles. The van der Waals surface area contributed by atoms with Gasteiger partial charge in [-0.2, -0.15) is 0 Å². The Morgan fingerprint density at radius 2 is 0.595 bits per heavy atom. The third kappa shape index (κ3) is 16.4. The molecule has 0 saturated heterocycles. The van der Waals surface area contributed by atoms with Crippen molar-refractivity contribution in [2.24, 2.45) is 0 Å². The van der Waals surface area contributed by atoms with Crippen molar-refractivity contribution in [2.45, 2.75) is 235 Å². The largest absolute Gasteiger partial charge is 0.493 e. The van der Waals surface area contributed by atoms with Crippen LogP contribution in [0.1, 0.15) is 255 Å². The normalized spacial score (nSPS) is 13.1. The molecule has 404 valence electrons. The van der Waals surface area contributed by atoms with Crippen LogP contribution in [0.15, 0.2) is 72.8 Å². The summed E-state index contributed by atoms with van der Waals surface area (Å²) in [6, 6.07) is 18.2. The highest BCUT2D eigenvalue weighted by atomic mass is 16.5. The molecule has 0 fully saturated rings. The molecule has 0 unspecified atom stereocenters. The summed E-state index contributed by atoms with van der Waals surface area (Å²) in [6.07, 6.45) is 15.5. The zero-order valence-corrected chi connectivity index (χ0v) is 49.2. The van der Waals surface area contributed by atoms with Gasteiger partial charge in [0.25, 0.3) is 0 Å². The van der Waals surface area contributed by atoms with Crippen molar-refractivity contribution in [2.75, 3.05) is 13.2 Å². The Morgan fingerprint density at radius 1 is 0.378 bits per heavy atom. The van der Waals surface area contributed by atoms with E-state index >= 15 is 0 Å². The van der Waals surface area contributed by atoms with Crippen LogP contribution in [0, 0.1) is 0 Å². The standard InChI is InChI=1S/C68H96O6/c1-19-21-23-25-27-29-31-71-59-47-33-51-41-57(67(13,14)15)43-53(61(51)73-63(69)45(3)4)35-49-39-56(66(10,11)12)40-50(60(49)72-32-30-28-26-24-22-20-2)36-54-44-58(68(16,17)18)42-52(62(54)74-64(70)46(5)6)34-48(59)38-55(37-47)65(7,8)9/h37-44H,3,5,19-36H2,1-2,4,6-18H3. The number of hydrogen-bond acceptors (Lipinski definition) is 6. The molecule has 4 aromatic carbocycles. The second-order valence-corrected chi connectivity index (χ2v) is 25.8. The molecule has 0 radical (unpaired) electrons. The van der Waals surface area contributed by atoms with Crippen molar-refractivity contribution in [3.8, 4) is 23.0 Å². The molecule has 6 nitrogen and oxygen atoms in total. The number of unbranched alkanes of at least 4 members (excludes halogenated alkanes) is 10. The van der Waals surface area contributed by atoms with E-state index in [1.54, 1.807) is 13.8 Å². The van der Waals surface area contributed by atoms with Crippen LogP contribution in [0.5, 0.6) is 23.0 Å². The Morgan fingerprint density at radius 3 is 0.811 bits per heavy atom. The van der Waals surface area contributed by atoms with E-state index in [0.29, 0.717) is 61.5 Å². The number of carbonyl (C=O) groups is 2. The molecule has 0 atom stereocenters. The van der Waals surface area contributed by atoms with Gasteiger partial charge in [-0.15, -0.1) is 0 Å². The van der Waals surface area contributed by atoms with Gasteiger partial charge in [-0.3, -0.25) is 0 Å². The average Bonchev–Trinajstić information content (AvgIpc) is 3.29. The van der Waals surface area contributed by atoms with Gasteiger partial charge in [-0.1, -0.05) is 223 Å². The first kappa shape index (κ1) is 59.8. The SMILES string of the molecule is C=C(C)C(=O)Oc1c2cc(C(C)(C)C)cc1Cc1cc(C(C)(C)C)cc(c1OCCCCCCCC)Cc1cc(C(C)(C)C)cc(c1OC(=O)C(=C)C)Cc1cc(C(C)(C)C)cc(c1OCCCCCCCC)C2. The van der Waals surface area contributed by atoms with E-state index in [2.05, 4.69) is 159 Å². The van der Waals surface area contributed by atoms with E-state index in [4.69, 9.17) is 18.9 Å². The maximum absolute atomic E-state index is 14.0. The summed E-state index contributed by atoms with van der Waals surface area (Å²) in [6.45, 7) is 44.1. The van der Waals surface area contributed by atoms with E-state index in [0.717, 1.165) is 104 Å². The molecule has 5 rings (SSSR count). The maximum atomic E-state index is 14.0. The Labute approximate surface area is 449 Å². The topological polar surface area (TPSA) is 71.1 Å². The lowest BCUT2D eigenvalue weighted by Gasteiger charge is -2.29. The van der Waals surface area contributed by atoms with Crippen molar-refractivity contribution in [3.63, 3.8) is 0 Å². The van der Waals surface area contributed by atoms with Crippen molar-refractivity contribution < 1.29 is 28.5 Å². The highest BCUT2D eigenvalue weighted by Crippen LogP contribution is 2.45. The highest BCUT2D eigenvalue weighted by Gasteiger charge is 2.30. The zero-order valence-electron chi connectivity index (χ0n) is 49.2. The first-order valence-electron chi connectivity index (χ1n) is 28.3. The fourth-order valence-electron chi connectivity index (χ4n) is 9.73. The summed E-state index contributed by atoms with van der Waals surface area (Å²) in [5.74, 6) is 1.85. The van der Waals surface area contributed by atoms with E-state index in [-0.39, 0.29) is 21.7 Å². The molecule has 1 aliphatic carbocycles. The van der Waals surface area contributed by atoms with Gasteiger partial charge in [-0.25, -0.2) is 9.59 Å². The fourth-order valence-corrected chi connectivity index (χ4v) is 9.73. The molecule has 0 saturated carbocycles. The van der Waals surface area contributed by atoms with E-state index < -0.39 is 11.9 Å². The molecule has 1 aliphatic rings. The molecule has 6 heteroatoms. The monoisotopic (exact) mass is 1010 g/mol. The second kappa shape index (κ2) is 25.6. The minimum Gasteiger partial charge on any atom is -0.493 e. The molecule has 74 heavy (non-hydrogen) atoms. The van der Waals surface area contributed by atoms with E-state index in [1.165, 1.54) is 51.4 Å². The van der Waals surface area contributed by atoms with Gasteiger partial charge in [0, 0.05) is 59.1 Å². The van der Waals surface area contributed by atoms with Gasteiger partial charge in [0.15, 0.2) is 0 Å². The van der Waals surface area contributed by atoms with Crippen LogP contribution in [-0.2, 0) is 56.9 Å². The number of benzene rings is 4. The summed E-state index contributed by atoms with van der Waals surface area (Å²) in [5, 5.41) is 0. The highest BCUT2D eigenvalue weighted by molar-refractivity contribution is 5.90. The van der Waals surface area contributed by atoms with Crippen LogP contribution in [0.2, 0.25) is 0 Å². The van der Waals surface area contributed by atoms with Crippen LogP contribution in [0.25, 0.3) is 0 Å². The number of ether oxygens (including phenoxy) is 4. The summed E-state index contributed by atoms with van der Waals surface area (Å²) < 4.78 is 27.6. The zero-order chi connectivity index (χ0) is 54.8. The molecule has 0 aromatic heterocycles. The number of esters is 2. The van der Waals surface area contributed by atoms with Gasteiger partial charge in [0.2, 0.25) is 0 Å². The molecule has 0 spiro atoms. The second-order valence-electron chi connectivity index (χ2n) is 25.8. The predicted octanol–water partition coefficient (Wildman–Crippen LogP) is 18.0. The Hall–Kier alpha value is -5.10. The summed E-state index contributed by atoms with van der Waals surface area (Å²) >= 11 is 0. The van der Waals surface area contributed by atoms with Crippen LogP contribution in [-0.4, -0.2) is 25.2 Å². The number of rotatable bonds is 20. The Balaban J connectivity index is 1.98. The molecule has 8 bridgehead atoms. The summed E-state index contributed by atoms with van der Waals surface area (Å²) in [7, 11) is 0. The van der Waals surface area contributed by atoms with E-state index in [1.807, 2.05) is 0 Å². The molecular weight excluding hydrogens is 913 g/mol. The lowest BCUT2D eigenvalue weighted by molar-refractivity contribution is -0.131. The first-order chi connectivity index (χ1) is 34.6. The molecule has 4 aromatic rings. The lowest BCUT2D eigenvalue weighted by Crippen LogP contribution is -2.19. The van der Waals surface area contributed by atoms with Gasteiger partial charge in [0.1, 0.15) is 23.0 Å². The quantitative estimate of drug-likeness (QED) is 0.0335. The van der Waals surface area contributed by atoms with Crippen LogP contribution in [0.4, 0.5) is 0 Å². The average molecular weight is 1010 g/mol. The van der Waals surface area contributed by atoms with Gasteiger partial charge in [0.05, 0.1) is 13.2 Å². The van der Waals surface area contributed by atoms with Crippen molar-refractivity contribution in [1.82, 2.24) is 0 Å². The van der Waals surface area contributed by atoms with Crippen molar-refractivity contribution in [3.05, 3.63) is 140 Å². The van der Waals surface area contributed by atoms with Crippen LogP contribution < -0.4 is 18.9 Å². The predicted molar refractivity (Wildman–Crippen MR) is 310 cm³/mol. The van der Waals surface area contributed by atoms with Crippen LogP contribution >= 0.6 is 0 Å². The number of carbonyl (C=O) groups excluding carboxylic acids is 2. The Kier molecular flexibility index (Phi) is 20.7. The molecule has 0 N–H and O–H groups in total. The first-order valence-corrected chi connectivity index (χ1v) is 28.3. The molecule has 0 amide bonds. The van der Waals surface area contributed by atoms with Crippen molar-refractivity contribution in [1.29, 1.82) is 0 Å². The van der Waals surface area contributed by atoms with E-state index in [9.17, 15) is 9.59 Å². The lowest BCUT2D eigenvalue weighted by atomic mass is 9.79. The minimum atomic E-state index is -0.456. The molecule has 0 heterocycles. The van der Waals surface area contributed by atoms with Crippen LogP contribution in [0.3, 0.4) is 0 Å². The van der Waals surface area contributed by atoms with Gasteiger partial charge >= 0.3 is 11.9 Å². The number of hydrogen-bond donors (Lipinski definition) is 0.